The number of esters is 1. The Labute approximate surface area is 103 Å². The summed E-state index contributed by atoms with van der Waals surface area (Å²) in [5.74, 6) is -0.149. The standard InChI is InChI=1S/C14H21NO2/c1-4-15(12(2)10-14(16)17-3)11-13-8-6-5-7-9-13/h5-9,12H,4,10-11H2,1-3H3. The SMILES string of the molecule is CCN(Cc1ccccc1)C(C)CC(=O)OC. The molecule has 1 unspecified atom stereocenters. The monoisotopic (exact) mass is 235 g/mol. The third kappa shape index (κ3) is 4.57. The van der Waals surface area contributed by atoms with Gasteiger partial charge in [-0.25, -0.2) is 0 Å². The molecule has 0 heterocycles. The van der Waals surface area contributed by atoms with Crippen LogP contribution in [0.4, 0.5) is 0 Å². The highest BCUT2D eigenvalue weighted by Gasteiger charge is 2.16. The van der Waals surface area contributed by atoms with Gasteiger partial charge in [-0.2, -0.15) is 0 Å². The summed E-state index contributed by atoms with van der Waals surface area (Å²) in [5, 5.41) is 0. The van der Waals surface area contributed by atoms with Crippen LogP contribution in [0.1, 0.15) is 25.8 Å². The smallest absolute Gasteiger partial charge is 0.307 e. The van der Waals surface area contributed by atoms with E-state index in [4.69, 9.17) is 4.74 Å². The van der Waals surface area contributed by atoms with Crippen LogP contribution < -0.4 is 0 Å². The van der Waals surface area contributed by atoms with Crippen LogP contribution in [0.15, 0.2) is 30.3 Å². The van der Waals surface area contributed by atoms with Gasteiger partial charge >= 0.3 is 5.97 Å². The van der Waals surface area contributed by atoms with Gasteiger partial charge in [0.1, 0.15) is 0 Å². The number of hydrogen-bond donors (Lipinski definition) is 0. The average molecular weight is 235 g/mol. The molecule has 0 spiro atoms. The van der Waals surface area contributed by atoms with Gasteiger partial charge in [0.15, 0.2) is 0 Å². The second-order valence-electron chi connectivity index (χ2n) is 4.18. The molecule has 1 rings (SSSR count). The molecule has 1 atom stereocenters. The van der Waals surface area contributed by atoms with Crippen molar-refractivity contribution >= 4 is 5.97 Å². The molecule has 0 bridgehead atoms. The van der Waals surface area contributed by atoms with Crippen LogP contribution in [0.5, 0.6) is 0 Å². The molecule has 94 valence electrons. The van der Waals surface area contributed by atoms with Gasteiger partial charge in [-0.1, -0.05) is 37.3 Å². The lowest BCUT2D eigenvalue weighted by Crippen LogP contribution is -2.34. The van der Waals surface area contributed by atoms with E-state index in [1.54, 1.807) is 0 Å². The molecule has 0 aliphatic carbocycles. The maximum absolute atomic E-state index is 11.2. The first kappa shape index (κ1) is 13.7. The van der Waals surface area contributed by atoms with E-state index in [-0.39, 0.29) is 12.0 Å². The molecule has 3 nitrogen and oxygen atoms in total. The van der Waals surface area contributed by atoms with E-state index in [1.165, 1.54) is 12.7 Å². The van der Waals surface area contributed by atoms with Crippen LogP contribution in [0.2, 0.25) is 0 Å². The number of carbonyl (C=O) groups excluding carboxylic acids is 1. The maximum atomic E-state index is 11.2. The first-order valence-electron chi connectivity index (χ1n) is 6.02. The van der Waals surface area contributed by atoms with Gasteiger partial charge in [0.05, 0.1) is 13.5 Å². The zero-order valence-electron chi connectivity index (χ0n) is 10.8. The Morgan fingerprint density at radius 1 is 1.35 bits per heavy atom. The fourth-order valence-electron chi connectivity index (χ4n) is 1.85. The molecule has 17 heavy (non-hydrogen) atoms. The fourth-order valence-corrected chi connectivity index (χ4v) is 1.85. The molecule has 3 heteroatoms. The van der Waals surface area contributed by atoms with Crippen molar-refractivity contribution < 1.29 is 9.53 Å². The molecule has 1 aromatic carbocycles. The molecule has 0 saturated carbocycles. The summed E-state index contributed by atoms with van der Waals surface area (Å²) in [5.41, 5.74) is 1.27. The average Bonchev–Trinajstić information content (AvgIpc) is 2.36. The van der Waals surface area contributed by atoms with Crippen LogP contribution in [-0.4, -0.2) is 30.6 Å². The molecule has 0 aliphatic heterocycles. The summed E-state index contributed by atoms with van der Waals surface area (Å²) in [6.45, 7) is 5.96. The molecule has 1 aromatic rings. The van der Waals surface area contributed by atoms with Crippen LogP contribution in [0.3, 0.4) is 0 Å². The molecule has 0 amide bonds. The lowest BCUT2D eigenvalue weighted by molar-refractivity contribution is -0.141. The third-order valence-electron chi connectivity index (χ3n) is 2.95. The second kappa shape index (κ2) is 7.07. The summed E-state index contributed by atoms with van der Waals surface area (Å²) in [6, 6.07) is 10.5. The lowest BCUT2D eigenvalue weighted by Gasteiger charge is -2.27. The normalized spacial score (nSPS) is 12.5. The number of rotatable bonds is 6. The molecule has 0 aliphatic rings. The van der Waals surface area contributed by atoms with Gasteiger partial charge in [-0.05, 0) is 19.0 Å². The van der Waals surface area contributed by atoms with Crippen LogP contribution in [0, 0.1) is 0 Å². The second-order valence-corrected chi connectivity index (χ2v) is 4.18. The highest BCUT2D eigenvalue weighted by atomic mass is 16.5. The Bertz CT molecular complexity index is 337. The molecular formula is C14H21NO2. The maximum Gasteiger partial charge on any atom is 0.307 e. The zero-order chi connectivity index (χ0) is 12.7. The van der Waals surface area contributed by atoms with Gasteiger partial charge in [-0.3, -0.25) is 9.69 Å². The van der Waals surface area contributed by atoms with Gasteiger partial charge in [0.2, 0.25) is 0 Å². The molecular weight excluding hydrogens is 214 g/mol. The summed E-state index contributed by atoms with van der Waals surface area (Å²) in [7, 11) is 1.43. The number of ether oxygens (including phenoxy) is 1. The van der Waals surface area contributed by atoms with E-state index in [9.17, 15) is 4.79 Å². The van der Waals surface area contributed by atoms with Gasteiger partial charge in [-0.15, -0.1) is 0 Å². The van der Waals surface area contributed by atoms with Crippen molar-refractivity contribution in [2.45, 2.75) is 32.9 Å². The van der Waals surface area contributed by atoms with Gasteiger partial charge in [0, 0.05) is 12.6 Å². The van der Waals surface area contributed by atoms with Crippen molar-refractivity contribution in [1.29, 1.82) is 0 Å². The Balaban J connectivity index is 2.56. The van der Waals surface area contributed by atoms with E-state index >= 15 is 0 Å². The first-order valence-corrected chi connectivity index (χ1v) is 6.02. The predicted octanol–water partition coefficient (Wildman–Crippen LogP) is 2.46. The quantitative estimate of drug-likeness (QED) is 0.709. The van der Waals surface area contributed by atoms with Crippen LogP contribution in [-0.2, 0) is 16.1 Å². The lowest BCUT2D eigenvalue weighted by atomic mass is 10.1. The Hall–Kier alpha value is -1.35. The number of nitrogens with zero attached hydrogens (tertiary/aromatic N) is 1. The zero-order valence-corrected chi connectivity index (χ0v) is 10.8. The van der Waals surface area contributed by atoms with E-state index in [0.29, 0.717) is 6.42 Å². The van der Waals surface area contributed by atoms with Crippen molar-refractivity contribution in [2.75, 3.05) is 13.7 Å². The van der Waals surface area contributed by atoms with Crippen molar-refractivity contribution in [3.63, 3.8) is 0 Å². The highest BCUT2D eigenvalue weighted by molar-refractivity contribution is 5.69. The largest absolute Gasteiger partial charge is 0.469 e. The van der Waals surface area contributed by atoms with E-state index in [0.717, 1.165) is 13.1 Å². The Kier molecular flexibility index (Phi) is 5.70. The third-order valence-corrected chi connectivity index (χ3v) is 2.95. The minimum Gasteiger partial charge on any atom is -0.469 e. The molecule has 0 fully saturated rings. The van der Waals surface area contributed by atoms with Crippen molar-refractivity contribution in [3.05, 3.63) is 35.9 Å². The minimum absolute atomic E-state index is 0.149. The summed E-state index contributed by atoms with van der Waals surface area (Å²) < 4.78 is 4.70. The van der Waals surface area contributed by atoms with Crippen LogP contribution in [0.25, 0.3) is 0 Å². The summed E-state index contributed by atoms with van der Waals surface area (Å²) in [4.78, 5) is 13.5. The predicted molar refractivity (Wildman–Crippen MR) is 68.6 cm³/mol. The van der Waals surface area contributed by atoms with E-state index < -0.39 is 0 Å². The number of carbonyl (C=O) groups is 1. The molecule has 0 radical (unpaired) electrons. The first-order chi connectivity index (χ1) is 8.17. The highest BCUT2D eigenvalue weighted by Crippen LogP contribution is 2.10. The molecule has 0 aromatic heterocycles. The number of benzene rings is 1. The number of hydrogen-bond acceptors (Lipinski definition) is 3. The fraction of sp³-hybridized carbons (Fsp3) is 0.500. The van der Waals surface area contributed by atoms with E-state index in [2.05, 4.69) is 30.9 Å². The van der Waals surface area contributed by atoms with Crippen molar-refractivity contribution in [1.82, 2.24) is 4.90 Å². The van der Waals surface area contributed by atoms with Crippen molar-refractivity contribution in [2.24, 2.45) is 0 Å². The molecule has 0 N–H and O–H groups in total. The van der Waals surface area contributed by atoms with Crippen LogP contribution >= 0.6 is 0 Å². The topological polar surface area (TPSA) is 29.5 Å². The Morgan fingerprint density at radius 2 is 2.00 bits per heavy atom. The van der Waals surface area contributed by atoms with Crippen molar-refractivity contribution in [3.8, 4) is 0 Å². The molecule has 0 saturated heterocycles. The summed E-state index contributed by atoms with van der Waals surface area (Å²) in [6.07, 6.45) is 0.442. The van der Waals surface area contributed by atoms with Gasteiger partial charge < -0.3 is 4.74 Å². The van der Waals surface area contributed by atoms with E-state index in [1.807, 2.05) is 18.2 Å². The summed E-state index contributed by atoms with van der Waals surface area (Å²) >= 11 is 0. The van der Waals surface area contributed by atoms with Gasteiger partial charge in [0.25, 0.3) is 0 Å². The Morgan fingerprint density at radius 3 is 2.53 bits per heavy atom. The minimum atomic E-state index is -0.149. The number of methoxy groups -OCH3 is 1.